The summed E-state index contributed by atoms with van der Waals surface area (Å²) in [5.41, 5.74) is 0. The smallest absolute Gasteiger partial charge is 0.151 e. The van der Waals surface area contributed by atoms with Crippen LogP contribution in [0.15, 0.2) is 0 Å². The van der Waals surface area contributed by atoms with Gasteiger partial charge in [-0.3, -0.25) is 14.6 Å². The number of rotatable bonds is 4. The molecule has 3 rings (SSSR count). The Morgan fingerprint density at radius 2 is 2.00 bits per heavy atom. The molecule has 3 nitrogen and oxygen atoms in total. The van der Waals surface area contributed by atoms with E-state index >= 15 is 0 Å². The lowest BCUT2D eigenvalue weighted by atomic mass is 10.00. The van der Waals surface area contributed by atoms with Gasteiger partial charge in [0.05, 0.1) is 6.04 Å². The average Bonchev–Trinajstić information content (AvgIpc) is 2.27. The van der Waals surface area contributed by atoms with Crippen LogP contribution in [-0.4, -0.2) is 54.3 Å². The van der Waals surface area contributed by atoms with Crippen LogP contribution in [0.1, 0.15) is 26.2 Å². The molecule has 0 spiro atoms. The van der Waals surface area contributed by atoms with Crippen molar-refractivity contribution in [3.63, 3.8) is 0 Å². The lowest BCUT2D eigenvalue weighted by Crippen LogP contribution is -2.63. The number of carbonyl (C=O) groups excluding carboxylic acids is 1. The van der Waals surface area contributed by atoms with Crippen LogP contribution >= 0.6 is 0 Å². The Morgan fingerprint density at radius 3 is 2.50 bits per heavy atom. The molecule has 1 unspecified atom stereocenters. The molecule has 0 aliphatic carbocycles. The highest BCUT2D eigenvalue weighted by molar-refractivity contribution is 5.84. The molecule has 0 aromatic heterocycles. The molecule has 0 aromatic rings. The molecule has 0 N–H and O–H groups in total. The first-order valence-corrected chi connectivity index (χ1v) is 5.80. The summed E-state index contributed by atoms with van der Waals surface area (Å²) in [5.74, 6) is 0.469. The van der Waals surface area contributed by atoms with Gasteiger partial charge in [0.25, 0.3) is 0 Å². The van der Waals surface area contributed by atoms with Crippen LogP contribution in [0.3, 0.4) is 0 Å². The van der Waals surface area contributed by atoms with Gasteiger partial charge in [-0.05, 0) is 6.42 Å². The van der Waals surface area contributed by atoms with E-state index in [2.05, 4.69) is 16.7 Å². The van der Waals surface area contributed by atoms with Crippen LogP contribution in [0.2, 0.25) is 0 Å². The maximum atomic E-state index is 11.9. The zero-order chi connectivity index (χ0) is 9.97. The molecule has 0 saturated carbocycles. The normalized spacial score (nSPS) is 35.9. The summed E-state index contributed by atoms with van der Waals surface area (Å²) in [6.07, 6.45) is 2.97. The molecular formula is C11H20N2O. The molecule has 0 amide bonds. The van der Waals surface area contributed by atoms with Crippen molar-refractivity contribution in [2.45, 2.75) is 32.2 Å². The fourth-order valence-electron chi connectivity index (χ4n) is 2.44. The molecule has 3 heterocycles. The van der Waals surface area contributed by atoms with Crippen molar-refractivity contribution < 1.29 is 4.79 Å². The molecular weight excluding hydrogens is 176 g/mol. The highest BCUT2D eigenvalue weighted by atomic mass is 16.1. The van der Waals surface area contributed by atoms with Gasteiger partial charge in [-0.15, -0.1) is 0 Å². The minimum absolute atomic E-state index is 0.226. The second-order valence-corrected chi connectivity index (χ2v) is 4.42. The SMILES string of the molecule is CCCCC(=O)C1CN2CCN1CC2. The summed E-state index contributed by atoms with van der Waals surface area (Å²) >= 11 is 0. The summed E-state index contributed by atoms with van der Waals surface area (Å²) in [4.78, 5) is 16.7. The van der Waals surface area contributed by atoms with Gasteiger partial charge in [0, 0.05) is 39.1 Å². The molecule has 0 radical (unpaired) electrons. The van der Waals surface area contributed by atoms with Crippen LogP contribution in [0, 0.1) is 0 Å². The van der Waals surface area contributed by atoms with E-state index in [1.165, 1.54) is 0 Å². The third-order valence-electron chi connectivity index (χ3n) is 3.43. The number of hydrogen-bond donors (Lipinski definition) is 0. The summed E-state index contributed by atoms with van der Waals surface area (Å²) in [6.45, 7) is 7.66. The number of unbranched alkanes of at least 4 members (excludes halogenated alkanes) is 1. The van der Waals surface area contributed by atoms with Gasteiger partial charge in [0.15, 0.2) is 5.78 Å². The molecule has 3 fully saturated rings. The van der Waals surface area contributed by atoms with Gasteiger partial charge < -0.3 is 0 Å². The fourth-order valence-corrected chi connectivity index (χ4v) is 2.44. The Morgan fingerprint density at radius 1 is 1.29 bits per heavy atom. The standard InChI is InChI=1S/C11H20N2O/c1-2-3-4-11(14)10-9-12-5-7-13(10)8-6-12/h10H,2-9H2,1H3. The van der Waals surface area contributed by atoms with Gasteiger partial charge in [-0.25, -0.2) is 0 Å². The maximum absolute atomic E-state index is 11.9. The van der Waals surface area contributed by atoms with E-state index in [0.29, 0.717) is 5.78 Å². The summed E-state index contributed by atoms with van der Waals surface area (Å²) in [5, 5.41) is 0. The second kappa shape index (κ2) is 4.41. The first kappa shape index (κ1) is 10.1. The first-order valence-electron chi connectivity index (χ1n) is 5.80. The zero-order valence-electron chi connectivity index (χ0n) is 9.04. The number of fused-ring (bicyclic) bond motifs is 3. The van der Waals surface area contributed by atoms with Crippen molar-refractivity contribution in [3.05, 3.63) is 0 Å². The van der Waals surface area contributed by atoms with Crippen LogP contribution < -0.4 is 0 Å². The van der Waals surface area contributed by atoms with Crippen molar-refractivity contribution in [2.24, 2.45) is 0 Å². The van der Waals surface area contributed by atoms with Crippen molar-refractivity contribution >= 4 is 5.78 Å². The molecule has 80 valence electrons. The maximum Gasteiger partial charge on any atom is 0.151 e. The Kier molecular flexibility index (Phi) is 3.19. The zero-order valence-corrected chi connectivity index (χ0v) is 9.04. The summed E-state index contributed by atoms with van der Waals surface area (Å²) < 4.78 is 0. The Bertz CT molecular complexity index is 209. The Labute approximate surface area is 86.1 Å². The van der Waals surface area contributed by atoms with Gasteiger partial charge >= 0.3 is 0 Å². The highest BCUT2D eigenvalue weighted by Crippen LogP contribution is 2.17. The Hall–Kier alpha value is -0.410. The predicted molar refractivity (Wildman–Crippen MR) is 56.3 cm³/mol. The summed E-state index contributed by atoms with van der Waals surface area (Å²) in [7, 11) is 0. The third kappa shape index (κ3) is 1.98. The van der Waals surface area contributed by atoms with Crippen molar-refractivity contribution in [1.29, 1.82) is 0 Å². The number of nitrogens with zero attached hydrogens (tertiary/aromatic N) is 2. The second-order valence-electron chi connectivity index (χ2n) is 4.42. The van der Waals surface area contributed by atoms with Gasteiger partial charge in [-0.2, -0.15) is 0 Å². The van der Waals surface area contributed by atoms with Gasteiger partial charge in [0.1, 0.15) is 0 Å². The molecule has 3 aliphatic heterocycles. The number of hydrogen-bond acceptors (Lipinski definition) is 3. The van der Waals surface area contributed by atoms with Gasteiger partial charge in [-0.1, -0.05) is 13.3 Å². The lowest BCUT2D eigenvalue weighted by Gasteiger charge is -2.46. The van der Waals surface area contributed by atoms with Crippen LogP contribution in [0.5, 0.6) is 0 Å². The number of carbonyl (C=O) groups is 1. The number of ketones is 1. The molecule has 1 atom stereocenters. The number of Topliss-reactive ketones (excluding diaryl/α,β-unsaturated/α-hetero) is 1. The fraction of sp³-hybridized carbons (Fsp3) is 0.909. The number of piperazine rings is 3. The summed E-state index contributed by atoms with van der Waals surface area (Å²) in [6, 6.07) is 0.226. The monoisotopic (exact) mass is 196 g/mol. The van der Waals surface area contributed by atoms with Crippen molar-refractivity contribution in [1.82, 2.24) is 9.80 Å². The van der Waals surface area contributed by atoms with Crippen LogP contribution in [-0.2, 0) is 4.79 Å². The lowest BCUT2D eigenvalue weighted by molar-refractivity contribution is -0.129. The third-order valence-corrected chi connectivity index (χ3v) is 3.43. The predicted octanol–water partition coefficient (Wildman–Crippen LogP) is 0.745. The van der Waals surface area contributed by atoms with E-state index in [4.69, 9.17) is 0 Å². The van der Waals surface area contributed by atoms with Gasteiger partial charge in [0.2, 0.25) is 0 Å². The highest BCUT2D eigenvalue weighted by Gasteiger charge is 2.35. The Balaban J connectivity index is 1.88. The molecule has 14 heavy (non-hydrogen) atoms. The van der Waals surface area contributed by atoms with Crippen molar-refractivity contribution in [3.8, 4) is 0 Å². The molecule has 2 bridgehead atoms. The minimum Gasteiger partial charge on any atom is -0.299 e. The minimum atomic E-state index is 0.226. The topological polar surface area (TPSA) is 23.6 Å². The van der Waals surface area contributed by atoms with E-state index in [1.807, 2.05) is 0 Å². The molecule has 3 heteroatoms. The van der Waals surface area contributed by atoms with E-state index < -0.39 is 0 Å². The van der Waals surface area contributed by atoms with E-state index in [1.54, 1.807) is 0 Å². The van der Waals surface area contributed by atoms with Crippen LogP contribution in [0.4, 0.5) is 0 Å². The quantitative estimate of drug-likeness (QED) is 0.663. The van der Waals surface area contributed by atoms with Crippen LogP contribution in [0.25, 0.3) is 0 Å². The first-order chi connectivity index (χ1) is 6.81. The van der Waals surface area contributed by atoms with E-state index in [0.717, 1.165) is 52.0 Å². The average molecular weight is 196 g/mol. The molecule has 3 aliphatic rings. The van der Waals surface area contributed by atoms with E-state index in [9.17, 15) is 4.79 Å². The van der Waals surface area contributed by atoms with Crippen molar-refractivity contribution in [2.75, 3.05) is 32.7 Å². The molecule has 0 aromatic carbocycles. The van der Waals surface area contributed by atoms with E-state index in [-0.39, 0.29) is 6.04 Å². The molecule has 3 saturated heterocycles. The largest absolute Gasteiger partial charge is 0.299 e.